The van der Waals surface area contributed by atoms with Gasteiger partial charge in [0.25, 0.3) is 0 Å². The number of rotatable bonds is 0. The molecule has 1 aliphatic rings. The fourth-order valence-corrected chi connectivity index (χ4v) is 0.633. The molecule has 5 heteroatoms. The van der Waals surface area contributed by atoms with Crippen molar-refractivity contribution >= 4 is 0 Å². The highest BCUT2D eigenvalue weighted by atomic mass is 19.4. The number of nitrogens with one attached hydrogen (secondary N) is 1. The second kappa shape index (κ2) is 2.15. The summed E-state index contributed by atoms with van der Waals surface area (Å²) in [6.07, 6.45) is -4.08. The van der Waals surface area contributed by atoms with Crippen molar-refractivity contribution in [1.29, 1.82) is 0 Å². The lowest BCUT2D eigenvalue weighted by molar-refractivity contribution is -0.165. The van der Waals surface area contributed by atoms with Gasteiger partial charge in [-0.05, 0) is 0 Å². The van der Waals surface area contributed by atoms with Crippen molar-refractivity contribution in [2.75, 3.05) is 13.1 Å². The lowest BCUT2D eigenvalue weighted by Gasteiger charge is -2.10. The van der Waals surface area contributed by atoms with E-state index in [0.29, 0.717) is 0 Å². The van der Waals surface area contributed by atoms with Crippen molar-refractivity contribution in [1.82, 2.24) is 10.9 Å². The van der Waals surface area contributed by atoms with Crippen molar-refractivity contribution in [2.24, 2.45) is 5.92 Å². The lowest BCUT2D eigenvalue weighted by atomic mass is 10.1. The molecule has 53 valence electrons. The van der Waals surface area contributed by atoms with Gasteiger partial charge in [-0.15, -0.1) is 0 Å². The van der Waals surface area contributed by atoms with Crippen molar-refractivity contribution in [3.05, 3.63) is 0 Å². The standard InChI is InChI=1S/C4H6F3N2/c5-4(6,7)3-1-8-9-2-3/h3,8H,1-2H2. The maximum absolute atomic E-state index is 11.7. The molecule has 1 fully saturated rings. The van der Waals surface area contributed by atoms with Gasteiger partial charge in [-0.1, -0.05) is 0 Å². The predicted octanol–water partition coefficient (Wildman–Crippen LogP) is 0.287. The molecule has 1 atom stereocenters. The molecular formula is C4H6F3N2. The van der Waals surface area contributed by atoms with Crippen LogP contribution >= 0.6 is 0 Å². The minimum Gasteiger partial charge on any atom is -0.240 e. The SMILES string of the molecule is FC(F)(F)C1C[N]NC1. The van der Waals surface area contributed by atoms with Gasteiger partial charge in [0.15, 0.2) is 0 Å². The Morgan fingerprint density at radius 2 is 2.11 bits per heavy atom. The van der Waals surface area contributed by atoms with Crippen molar-refractivity contribution < 1.29 is 13.2 Å². The van der Waals surface area contributed by atoms with Crippen molar-refractivity contribution in [3.8, 4) is 0 Å². The summed E-state index contributed by atoms with van der Waals surface area (Å²) in [5.41, 5.74) is 5.65. The minimum atomic E-state index is -4.08. The Morgan fingerprint density at radius 1 is 1.44 bits per heavy atom. The molecule has 0 aromatic rings. The van der Waals surface area contributed by atoms with Crippen LogP contribution in [-0.2, 0) is 0 Å². The van der Waals surface area contributed by atoms with Gasteiger partial charge in [-0.3, -0.25) is 0 Å². The zero-order valence-corrected chi connectivity index (χ0v) is 4.57. The first-order chi connectivity index (χ1) is 4.11. The third kappa shape index (κ3) is 1.56. The van der Waals surface area contributed by atoms with Gasteiger partial charge in [-0.25, -0.2) is 5.43 Å². The second-order valence-electron chi connectivity index (χ2n) is 1.94. The topological polar surface area (TPSA) is 26.1 Å². The number of hydrogen-bond acceptors (Lipinski definition) is 1. The van der Waals surface area contributed by atoms with E-state index in [9.17, 15) is 13.2 Å². The smallest absolute Gasteiger partial charge is 0.240 e. The molecule has 1 rings (SSSR count). The van der Waals surface area contributed by atoms with Crippen LogP contribution in [0.5, 0.6) is 0 Å². The Labute approximate surface area is 50.4 Å². The van der Waals surface area contributed by atoms with Crippen LogP contribution in [0.2, 0.25) is 0 Å². The first kappa shape index (κ1) is 6.82. The number of alkyl halides is 3. The number of hydrogen-bond donors (Lipinski definition) is 1. The maximum atomic E-state index is 11.7. The van der Waals surface area contributed by atoms with E-state index in [4.69, 9.17) is 0 Å². The van der Waals surface area contributed by atoms with E-state index in [1.807, 2.05) is 0 Å². The molecule has 1 saturated heterocycles. The molecule has 2 nitrogen and oxygen atoms in total. The molecule has 0 aliphatic carbocycles. The first-order valence-electron chi connectivity index (χ1n) is 2.57. The summed E-state index contributed by atoms with van der Waals surface area (Å²) < 4.78 is 35.0. The van der Waals surface area contributed by atoms with E-state index in [1.54, 1.807) is 0 Å². The average Bonchev–Trinajstić information content (AvgIpc) is 2.08. The van der Waals surface area contributed by atoms with Crippen LogP contribution in [0.1, 0.15) is 0 Å². The van der Waals surface area contributed by atoms with Gasteiger partial charge < -0.3 is 0 Å². The fraction of sp³-hybridized carbons (Fsp3) is 1.00. The summed E-state index contributed by atoms with van der Waals surface area (Å²) in [7, 11) is 0. The molecule has 1 aliphatic heterocycles. The van der Waals surface area contributed by atoms with Gasteiger partial charge in [0.1, 0.15) is 0 Å². The Morgan fingerprint density at radius 3 is 2.33 bits per heavy atom. The highest BCUT2D eigenvalue weighted by Gasteiger charge is 2.41. The van der Waals surface area contributed by atoms with Gasteiger partial charge in [-0.2, -0.15) is 18.6 Å². The van der Waals surface area contributed by atoms with Crippen LogP contribution in [0.15, 0.2) is 0 Å². The number of nitrogens with zero attached hydrogens (tertiary/aromatic N) is 1. The van der Waals surface area contributed by atoms with E-state index in [-0.39, 0.29) is 13.1 Å². The molecule has 0 aromatic carbocycles. The van der Waals surface area contributed by atoms with E-state index in [1.165, 1.54) is 0 Å². The van der Waals surface area contributed by atoms with Crippen LogP contribution in [0.25, 0.3) is 0 Å². The molecule has 1 heterocycles. The Balaban J connectivity index is 2.42. The van der Waals surface area contributed by atoms with Gasteiger partial charge in [0, 0.05) is 13.1 Å². The number of halogens is 3. The Kier molecular flexibility index (Phi) is 1.63. The maximum Gasteiger partial charge on any atom is 0.394 e. The van der Waals surface area contributed by atoms with Gasteiger partial charge in [0.05, 0.1) is 5.92 Å². The quantitative estimate of drug-likeness (QED) is 0.512. The van der Waals surface area contributed by atoms with Crippen LogP contribution < -0.4 is 10.9 Å². The fourth-order valence-electron chi connectivity index (χ4n) is 0.633. The molecule has 0 aromatic heterocycles. The zero-order valence-electron chi connectivity index (χ0n) is 4.57. The predicted molar refractivity (Wildman–Crippen MR) is 24.5 cm³/mol. The minimum absolute atomic E-state index is 0.0660. The van der Waals surface area contributed by atoms with Crippen molar-refractivity contribution in [2.45, 2.75) is 6.18 Å². The third-order valence-electron chi connectivity index (χ3n) is 1.22. The monoisotopic (exact) mass is 139 g/mol. The van der Waals surface area contributed by atoms with Crippen LogP contribution in [-0.4, -0.2) is 19.3 Å². The summed E-state index contributed by atoms with van der Waals surface area (Å²) in [6.45, 7) is -0.201. The molecule has 0 spiro atoms. The zero-order chi connectivity index (χ0) is 6.91. The lowest BCUT2D eigenvalue weighted by Crippen LogP contribution is -2.26. The van der Waals surface area contributed by atoms with E-state index >= 15 is 0 Å². The van der Waals surface area contributed by atoms with Gasteiger partial charge in [0.2, 0.25) is 0 Å². The largest absolute Gasteiger partial charge is 0.394 e. The molecule has 1 radical (unpaired) electrons. The summed E-state index contributed by atoms with van der Waals surface area (Å²) in [5.74, 6) is -1.27. The van der Waals surface area contributed by atoms with Crippen LogP contribution in [0.4, 0.5) is 13.2 Å². The molecule has 0 bridgehead atoms. The normalized spacial score (nSPS) is 23.0. The molecular weight excluding hydrogens is 133 g/mol. The summed E-state index contributed by atoms with van der Waals surface area (Å²) >= 11 is 0. The van der Waals surface area contributed by atoms with E-state index in [0.717, 1.165) is 0 Å². The molecule has 1 unspecified atom stereocenters. The average molecular weight is 139 g/mol. The summed E-state index contributed by atoms with van der Waals surface area (Å²) in [4.78, 5) is 0. The highest BCUT2D eigenvalue weighted by Crippen LogP contribution is 2.26. The van der Waals surface area contributed by atoms with Gasteiger partial charge >= 0.3 is 6.18 Å². The van der Waals surface area contributed by atoms with E-state index in [2.05, 4.69) is 10.9 Å². The molecule has 0 amide bonds. The third-order valence-corrected chi connectivity index (χ3v) is 1.22. The molecule has 0 saturated carbocycles. The first-order valence-corrected chi connectivity index (χ1v) is 2.57. The molecule has 9 heavy (non-hydrogen) atoms. The summed E-state index contributed by atoms with van der Waals surface area (Å²) in [5, 5.41) is 0. The van der Waals surface area contributed by atoms with Crippen LogP contribution in [0, 0.1) is 5.92 Å². The molecule has 1 N–H and O–H groups in total. The Hall–Kier alpha value is -0.290. The van der Waals surface area contributed by atoms with Crippen molar-refractivity contribution in [3.63, 3.8) is 0 Å². The highest BCUT2D eigenvalue weighted by molar-refractivity contribution is 4.75. The summed E-state index contributed by atoms with van der Waals surface area (Å²) in [6, 6.07) is 0. The van der Waals surface area contributed by atoms with E-state index < -0.39 is 12.1 Å². The Bertz CT molecular complexity index is 94.5. The van der Waals surface area contributed by atoms with Crippen LogP contribution in [0.3, 0.4) is 0 Å². The second-order valence-corrected chi connectivity index (χ2v) is 1.94.